The molecule has 0 unspecified atom stereocenters. The van der Waals surface area contributed by atoms with Gasteiger partial charge in [0, 0.05) is 7.05 Å². The van der Waals surface area contributed by atoms with E-state index in [0.717, 1.165) is 25.9 Å². The molecule has 26 heavy (non-hydrogen) atoms. The van der Waals surface area contributed by atoms with Crippen molar-refractivity contribution < 1.29 is 9.53 Å². The lowest BCUT2D eigenvalue weighted by Crippen LogP contribution is -2.31. The molecule has 0 spiro atoms. The summed E-state index contributed by atoms with van der Waals surface area (Å²) in [4.78, 5) is 45.5. The minimum absolute atomic E-state index is 0.202. The summed E-state index contributed by atoms with van der Waals surface area (Å²) >= 11 is 0. The fourth-order valence-electron chi connectivity index (χ4n) is 3.15. The molecule has 0 aliphatic heterocycles. The van der Waals surface area contributed by atoms with Crippen molar-refractivity contribution in [2.75, 3.05) is 20.2 Å². The first kappa shape index (κ1) is 19.9. The van der Waals surface area contributed by atoms with Crippen molar-refractivity contribution in [3.63, 3.8) is 0 Å². The molecule has 1 atom stereocenters. The number of H-pyrrole nitrogens is 1. The summed E-state index contributed by atoms with van der Waals surface area (Å²) < 4.78 is 7.72. The highest BCUT2D eigenvalue weighted by Crippen LogP contribution is 2.20. The van der Waals surface area contributed by atoms with Crippen molar-refractivity contribution in [3.05, 3.63) is 26.7 Å². The van der Waals surface area contributed by atoms with E-state index in [1.807, 2.05) is 0 Å². The van der Waals surface area contributed by atoms with Crippen LogP contribution in [-0.2, 0) is 23.1 Å². The second-order valence-corrected chi connectivity index (χ2v) is 6.36. The van der Waals surface area contributed by atoms with Crippen LogP contribution in [-0.4, -0.2) is 50.2 Å². The smallest absolute Gasteiger partial charge is 0.329 e. The lowest BCUT2D eigenvalue weighted by Gasteiger charge is -2.22. The molecule has 9 heteroatoms. The first-order valence-corrected chi connectivity index (χ1v) is 8.85. The van der Waals surface area contributed by atoms with Crippen molar-refractivity contribution in [1.82, 2.24) is 24.0 Å². The highest BCUT2D eigenvalue weighted by Gasteiger charge is 2.26. The van der Waals surface area contributed by atoms with Gasteiger partial charge < -0.3 is 9.30 Å². The maximum atomic E-state index is 12.4. The average molecular weight is 365 g/mol. The third kappa shape index (κ3) is 3.72. The number of ether oxygens (including phenoxy) is 1. The summed E-state index contributed by atoms with van der Waals surface area (Å²) in [6, 6.07) is -0.733. The molecule has 2 rings (SSSR count). The Labute approximate surface area is 151 Å². The Bertz CT molecular complexity index is 889. The van der Waals surface area contributed by atoms with E-state index in [9.17, 15) is 14.4 Å². The van der Waals surface area contributed by atoms with Gasteiger partial charge in [0.05, 0.1) is 13.7 Å². The number of imidazole rings is 1. The number of methoxy groups -OCH3 is 1. The molecule has 0 saturated carbocycles. The Hall–Kier alpha value is -2.42. The predicted molar refractivity (Wildman–Crippen MR) is 98.2 cm³/mol. The van der Waals surface area contributed by atoms with Gasteiger partial charge in [-0.1, -0.05) is 13.8 Å². The summed E-state index contributed by atoms with van der Waals surface area (Å²) in [6.07, 6.45) is 1.96. The summed E-state index contributed by atoms with van der Waals surface area (Å²) in [6.45, 7) is 8.07. The number of nitrogens with zero attached hydrogens (tertiary/aromatic N) is 4. The zero-order valence-corrected chi connectivity index (χ0v) is 16.0. The molecule has 0 radical (unpaired) electrons. The van der Waals surface area contributed by atoms with Crippen LogP contribution in [0.3, 0.4) is 0 Å². The highest BCUT2D eigenvalue weighted by atomic mass is 16.5. The molecule has 9 nitrogen and oxygen atoms in total. The number of hydrogen-bond donors (Lipinski definition) is 1. The van der Waals surface area contributed by atoms with E-state index in [1.54, 1.807) is 18.5 Å². The lowest BCUT2D eigenvalue weighted by molar-refractivity contribution is -0.144. The van der Waals surface area contributed by atoms with E-state index in [1.165, 1.54) is 11.7 Å². The standard InChI is InChI=1S/C17H27N5O4/c1-6-8-21(9-7-2)10-12-18-14-13(15(23)19-17(25)20(14)4)22(12)11(3)16(24)26-5/h11H,6-10H2,1-5H3,(H,19,23,25)/t11-/m0/s1. The molecule has 0 bridgehead atoms. The van der Waals surface area contributed by atoms with Crippen LogP contribution in [0.5, 0.6) is 0 Å². The van der Waals surface area contributed by atoms with Crippen LogP contribution in [0.2, 0.25) is 0 Å². The first-order chi connectivity index (χ1) is 12.3. The number of aromatic amines is 1. The van der Waals surface area contributed by atoms with Crippen LogP contribution in [0.4, 0.5) is 0 Å². The van der Waals surface area contributed by atoms with E-state index < -0.39 is 23.3 Å². The number of rotatable bonds is 8. The first-order valence-electron chi connectivity index (χ1n) is 8.85. The zero-order valence-electron chi connectivity index (χ0n) is 16.0. The van der Waals surface area contributed by atoms with Gasteiger partial charge in [0.15, 0.2) is 11.2 Å². The summed E-state index contributed by atoms with van der Waals surface area (Å²) in [5.74, 6) is 0.0860. The fraction of sp³-hybridized carbons (Fsp3) is 0.647. The number of hydrogen-bond acceptors (Lipinski definition) is 6. The molecule has 1 N–H and O–H groups in total. The second-order valence-electron chi connectivity index (χ2n) is 6.36. The molecular weight excluding hydrogens is 338 g/mol. The van der Waals surface area contributed by atoms with Crippen LogP contribution in [0.1, 0.15) is 45.5 Å². The van der Waals surface area contributed by atoms with Crippen LogP contribution < -0.4 is 11.2 Å². The molecule has 0 amide bonds. The van der Waals surface area contributed by atoms with Gasteiger partial charge in [-0.15, -0.1) is 0 Å². The quantitative estimate of drug-likeness (QED) is 0.694. The summed E-state index contributed by atoms with van der Waals surface area (Å²) in [5, 5.41) is 0. The Morgan fingerprint density at radius 1 is 1.27 bits per heavy atom. The molecule has 0 fully saturated rings. The Balaban J connectivity index is 2.69. The van der Waals surface area contributed by atoms with Gasteiger partial charge in [0.25, 0.3) is 5.56 Å². The topological polar surface area (TPSA) is 102 Å². The maximum Gasteiger partial charge on any atom is 0.329 e. The van der Waals surface area contributed by atoms with Crippen LogP contribution >= 0.6 is 0 Å². The van der Waals surface area contributed by atoms with Crippen molar-refractivity contribution >= 4 is 17.1 Å². The van der Waals surface area contributed by atoms with Crippen molar-refractivity contribution in [3.8, 4) is 0 Å². The van der Waals surface area contributed by atoms with Gasteiger partial charge in [-0.2, -0.15) is 0 Å². The van der Waals surface area contributed by atoms with E-state index in [4.69, 9.17) is 4.74 Å². The second kappa shape index (κ2) is 8.31. The van der Waals surface area contributed by atoms with Gasteiger partial charge in [-0.05, 0) is 32.9 Å². The lowest BCUT2D eigenvalue weighted by atomic mass is 10.3. The average Bonchev–Trinajstić information content (AvgIpc) is 2.98. The summed E-state index contributed by atoms with van der Waals surface area (Å²) in [5.41, 5.74) is -0.635. The number of aryl methyl sites for hydroxylation is 1. The Kier molecular flexibility index (Phi) is 6.36. The van der Waals surface area contributed by atoms with Gasteiger partial charge in [-0.3, -0.25) is 19.2 Å². The van der Waals surface area contributed by atoms with E-state index >= 15 is 0 Å². The van der Waals surface area contributed by atoms with E-state index in [0.29, 0.717) is 12.4 Å². The summed E-state index contributed by atoms with van der Waals surface area (Å²) in [7, 11) is 2.85. The SMILES string of the molecule is CCCN(CCC)Cc1nc2c(c(=O)[nH]c(=O)n2C)n1[C@@H](C)C(=O)OC. The molecule has 0 saturated heterocycles. The maximum absolute atomic E-state index is 12.4. The third-order valence-electron chi connectivity index (χ3n) is 4.40. The number of carbonyl (C=O) groups is 1. The van der Waals surface area contributed by atoms with Crippen LogP contribution in [0, 0.1) is 0 Å². The zero-order chi connectivity index (χ0) is 19.4. The van der Waals surface area contributed by atoms with Gasteiger partial charge in [0.1, 0.15) is 11.9 Å². The molecule has 2 heterocycles. The predicted octanol–water partition coefficient (Wildman–Crippen LogP) is 0.779. The molecule has 2 aromatic heterocycles. The number of nitrogens with one attached hydrogen (secondary N) is 1. The van der Waals surface area contributed by atoms with Crippen molar-refractivity contribution in [1.29, 1.82) is 0 Å². The van der Waals surface area contributed by atoms with Crippen LogP contribution in [0.15, 0.2) is 9.59 Å². The largest absolute Gasteiger partial charge is 0.467 e. The number of esters is 1. The fourth-order valence-corrected chi connectivity index (χ4v) is 3.15. The molecule has 0 aliphatic rings. The monoisotopic (exact) mass is 365 g/mol. The van der Waals surface area contributed by atoms with E-state index in [-0.39, 0.29) is 11.2 Å². The minimum atomic E-state index is -0.733. The molecular formula is C17H27N5O4. The Morgan fingerprint density at radius 2 is 1.88 bits per heavy atom. The van der Waals surface area contributed by atoms with Gasteiger partial charge in [-0.25, -0.2) is 14.6 Å². The van der Waals surface area contributed by atoms with Gasteiger partial charge >= 0.3 is 11.7 Å². The number of carbonyl (C=O) groups excluding carboxylic acids is 1. The van der Waals surface area contributed by atoms with Gasteiger partial charge in [0.2, 0.25) is 0 Å². The highest BCUT2D eigenvalue weighted by molar-refractivity contribution is 5.78. The van der Waals surface area contributed by atoms with Crippen molar-refractivity contribution in [2.45, 2.75) is 46.2 Å². The molecule has 0 aliphatic carbocycles. The molecule has 2 aromatic rings. The minimum Gasteiger partial charge on any atom is -0.467 e. The Morgan fingerprint density at radius 3 is 2.42 bits per heavy atom. The van der Waals surface area contributed by atoms with Crippen molar-refractivity contribution in [2.24, 2.45) is 7.05 Å². The molecule has 144 valence electrons. The third-order valence-corrected chi connectivity index (χ3v) is 4.40. The molecule has 0 aromatic carbocycles. The van der Waals surface area contributed by atoms with E-state index in [2.05, 4.69) is 28.7 Å². The number of aromatic nitrogens is 4. The normalized spacial score (nSPS) is 12.7. The van der Waals surface area contributed by atoms with Crippen LogP contribution in [0.25, 0.3) is 11.2 Å². The number of fused-ring (bicyclic) bond motifs is 1.